The van der Waals surface area contributed by atoms with Crippen LogP contribution >= 0.6 is 0 Å². The van der Waals surface area contributed by atoms with Gasteiger partial charge in [-0.2, -0.15) is 0 Å². The number of amides is 3. The van der Waals surface area contributed by atoms with E-state index in [1.54, 1.807) is 7.05 Å². The van der Waals surface area contributed by atoms with E-state index in [-0.39, 0.29) is 29.9 Å². The van der Waals surface area contributed by atoms with Crippen LogP contribution in [0.2, 0.25) is 0 Å². The third-order valence-electron chi connectivity index (χ3n) is 4.77. The van der Waals surface area contributed by atoms with E-state index in [0.29, 0.717) is 0 Å². The summed E-state index contributed by atoms with van der Waals surface area (Å²) in [5.41, 5.74) is 3.52. The molecule has 1 atom stereocenters. The molecule has 1 aliphatic carbocycles. The van der Waals surface area contributed by atoms with E-state index in [2.05, 4.69) is 48.0 Å². The molecule has 0 saturated heterocycles. The summed E-state index contributed by atoms with van der Waals surface area (Å²) < 4.78 is 0. The number of aryl methyl sites for hydroxylation is 2. The Morgan fingerprint density at radius 1 is 1.04 bits per heavy atom. The van der Waals surface area contributed by atoms with Crippen LogP contribution in [0, 0.1) is 19.8 Å². The summed E-state index contributed by atoms with van der Waals surface area (Å²) >= 11 is 0. The molecule has 1 aliphatic rings. The monoisotopic (exact) mass is 331 g/mol. The molecule has 0 radical (unpaired) electrons. The lowest BCUT2D eigenvalue weighted by molar-refractivity contribution is -0.125. The second-order valence-corrected chi connectivity index (χ2v) is 6.92. The van der Waals surface area contributed by atoms with Crippen LogP contribution in [0.1, 0.15) is 55.3 Å². The molecule has 3 N–H and O–H groups in total. The Labute approximate surface area is 144 Å². The van der Waals surface area contributed by atoms with E-state index in [1.807, 2.05) is 6.92 Å². The fourth-order valence-electron chi connectivity index (χ4n) is 3.47. The van der Waals surface area contributed by atoms with Gasteiger partial charge < -0.3 is 16.0 Å². The molecule has 0 bridgehead atoms. The molecule has 24 heavy (non-hydrogen) atoms. The highest BCUT2D eigenvalue weighted by atomic mass is 16.2. The predicted molar refractivity (Wildman–Crippen MR) is 95.8 cm³/mol. The van der Waals surface area contributed by atoms with Crippen LogP contribution in [0.5, 0.6) is 0 Å². The molecule has 3 amide bonds. The topological polar surface area (TPSA) is 70.2 Å². The molecule has 5 heteroatoms. The van der Waals surface area contributed by atoms with Gasteiger partial charge in [0.2, 0.25) is 5.91 Å². The van der Waals surface area contributed by atoms with E-state index >= 15 is 0 Å². The minimum Gasteiger partial charge on any atom is -0.359 e. The third kappa shape index (κ3) is 4.98. The lowest BCUT2D eigenvalue weighted by Crippen LogP contribution is -2.45. The van der Waals surface area contributed by atoms with Crippen molar-refractivity contribution in [3.63, 3.8) is 0 Å². The molecule has 1 unspecified atom stereocenters. The summed E-state index contributed by atoms with van der Waals surface area (Å²) in [5, 5.41) is 8.76. The molecule has 1 aromatic rings. The van der Waals surface area contributed by atoms with Crippen LogP contribution in [-0.2, 0) is 4.79 Å². The van der Waals surface area contributed by atoms with Crippen LogP contribution in [0.3, 0.4) is 0 Å². The number of benzene rings is 1. The number of rotatable bonds is 4. The first-order chi connectivity index (χ1) is 11.4. The highest BCUT2D eigenvalue weighted by Gasteiger charge is 2.26. The van der Waals surface area contributed by atoms with Crippen LogP contribution in [0.15, 0.2) is 18.2 Å². The van der Waals surface area contributed by atoms with Gasteiger partial charge in [0.05, 0.1) is 6.04 Å². The first kappa shape index (κ1) is 18.3. The molecule has 1 fully saturated rings. The molecule has 0 aliphatic heterocycles. The fraction of sp³-hybridized carbons (Fsp3) is 0.579. The standard InChI is InChI=1S/C19H29N3O2/c1-12-9-13(2)11-16(10-12)14(3)21-19(24)22-17-7-5-15(6-8-17)18(23)20-4/h9-11,14-15,17H,5-8H2,1-4H3,(H,20,23)(H2,21,22,24). The van der Waals surface area contributed by atoms with Gasteiger partial charge >= 0.3 is 6.03 Å². The highest BCUT2D eigenvalue weighted by Crippen LogP contribution is 2.24. The van der Waals surface area contributed by atoms with Crippen LogP contribution < -0.4 is 16.0 Å². The molecule has 132 valence electrons. The van der Waals surface area contributed by atoms with Gasteiger partial charge in [0.1, 0.15) is 0 Å². The van der Waals surface area contributed by atoms with Gasteiger partial charge in [-0.3, -0.25) is 4.79 Å². The summed E-state index contributed by atoms with van der Waals surface area (Å²) in [4.78, 5) is 23.9. The van der Waals surface area contributed by atoms with Gasteiger partial charge in [-0.1, -0.05) is 29.3 Å². The fourth-order valence-corrected chi connectivity index (χ4v) is 3.47. The van der Waals surface area contributed by atoms with E-state index in [0.717, 1.165) is 31.2 Å². The minimum atomic E-state index is -0.134. The van der Waals surface area contributed by atoms with E-state index in [9.17, 15) is 9.59 Å². The molecule has 2 rings (SSSR count). The number of urea groups is 1. The lowest BCUT2D eigenvalue weighted by atomic mass is 9.85. The van der Waals surface area contributed by atoms with Gasteiger partial charge in [-0.05, 0) is 52.0 Å². The van der Waals surface area contributed by atoms with Crippen LogP contribution in [0.25, 0.3) is 0 Å². The molecule has 5 nitrogen and oxygen atoms in total. The maximum Gasteiger partial charge on any atom is 0.315 e. The van der Waals surface area contributed by atoms with Crippen molar-refractivity contribution < 1.29 is 9.59 Å². The van der Waals surface area contributed by atoms with Crippen molar-refractivity contribution >= 4 is 11.9 Å². The maximum atomic E-state index is 12.2. The maximum absolute atomic E-state index is 12.2. The van der Waals surface area contributed by atoms with Gasteiger partial charge in [0.15, 0.2) is 0 Å². The SMILES string of the molecule is CNC(=O)C1CCC(NC(=O)NC(C)c2cc(C)cc(C)c2)CC1. The predicted octanol–water partition coefficient (Wildman–Crippen LogP) is 2.97. The molecule has 1 saturated carbocycles. The Hall–Kier alpha value is -2.04. The molecule has 1 aromatic carbocycles. The Kier molecular flexibility index (Phi) is 6.23. The smallest absolute Gasteiger partial charge is 0.315 e. The number of nitrogens with one attached hydrogen (secondary N) is 3. The van der Waals surface area contributed by atoms with E-state index < -0.39 is 0 Å². The number of hydrogen-bond donors (Lipinski definition) is 3. The van der Waals surface area contributed by atoms with E-state index in [4.69, 9.17) is 0 Å². The average molecular weight is 331 g/mol. The Bertz CT molecular complexity index is 572. The van der Waals surface area contributed by atoms with Gasteiger partial charge in [0, 0.05) is 19.0 Å². The Morgan fingerprint density at radius 2 is 1.62 bits per heavy atom. The molecule has 0 heterocycles. The van der Waals surface area contributed by atoms with Crippen molar-refractivity contribution in [2.24, 2.45) is 5.92 Å². The summed E-state index contributed by atoms with van der Waals surface area (Å²) in [5.74, 6) is 0.201. The zero-order chi connectivity index (χ0) is 17.7. The summed E-state index contributed by atoms with van der Waals surface area (Å²) in [7, 11) is 1.68. The Morgan fingerprint density at radius 3 is 2.17 bits per heavy atom. The van der Waals surface area contributed by atoms with Crippen molar-refractivity contribution in [3.05, 3.63) is 34.9 Å². The van der Waals surface area contributed by atoms with Gasteiger partial charge in [0.25, 0.3) is 0 Å². The zero-order valence-corrected chi connectivity index (χ0v) is 15.1. The van der Waals surface area contributed by atoms with Crippen molar-refractivity contribution in [2.45, 2.75) is 58.5 Å². The molecule has 0 spiro atoms. The second-order valence-electron chi connectivity index (χ2n) is 6.92. The normalized spacial score (nSPS) is 21.7. The summed E-state index contributed by atoms with van der Waals surface area (Å²) in [6, 6.07) is 6.31. The summed E-state index contributed by atoms with van der Waals surface area (Å²) in [6.07, 6.45) is 3.36. The zero-order valence-electron chi connectivity index (χ0n) is 15.1. The first-order valence-corrected chi connectivity index (χ1v) is 8.76. The largest absolute Gasteiger partial charge is 0.359 e. The first-order valence-electron chi connectivity index (χ1n) is 8.76. The summed E-state index contributed by atoms with van der Waals surface area (Å²) in [6.45, 7) is 6.12. The highest BCUT2D eigenvalue weighted by molar-refractivity contribution is 5.78. The lowest BCUT2D eigenvalue weighted by Gasteiger charge is -2.28. The van der Waals surface area contributed by atoms with Crippen molar-refractivity contribution in [2.75, 3.05) is 7.05 Å². The molecular formula is C19H29N3O2. The van der Waals surface area contributed by atoms with Crippen molar-refractivity contribution in [1.29, 1.82) is 0 Å². The van der Waals surface area contributed by atoms with Crippen molar-refractivity contribution in [3.8, 4) is 0 Å². The third-order valence-corrected chi connectivity index (χ3v) is 4.77. The second kappa shape index (κ2) is 8.18. The number of carbonyl (C=O) groups excluding carboxylic acids is 2. The average Bonchev–Trinajstić information content (AvgIpc) is 2.53. The number of carbonyl (C=O) groups is 2. The van der Waals surface area contributed by atoms with E-state index in [1.165, 1.54) is 11.1 Å². The van der Waals surface area contributed by atoms with Crippen LogP contribution in [-0.4, -0.2) is 25.0 Å². The Balaban J connectivity index is 1.82. The number of hydrogen-bond acceptors (Lipinski definition) is 2. The quantitative estimate of drug-likeness (QED) is 0.794. The minimum absolute atomic E-state index is 0.0363. The van der Waals surface area contributed by atoms with Crippen LogP contribution in [0.4, 0.5) is 4.79 Å². The van der Waals surface area contributed by atoms with Crippen molar-refractivity contribution in [1.82, 2.24) is 16.0 Å². The van der Waals surface area contributed by atoms with Gasteiger partial charge in [-0.15, -0.1) is 0 Å². The molecular weight excluding hydrogens is 302 g/mol. The van der Waals surface area contributed by atoms with Gasteiger partial charge in [-0.25, -0.2) is 4.79 Å². The molecule has 0 aromatic heterocycles.